The Morgan fingerprint density at radius 2 is 0.776 bits per heavy atom. The summed E-state index contributed by atoms with van der Waals surface area (Å²) in [4.78, 5) is 15.5. The van der Waals surface area contributed by atoms with Crippen LogP contribution in [0.1, 0.15) is 35.1 Å². The standard InChI is InChI=1S/C63H44N4/c1-4-18-45(19-5-1)66(46-20-6-2-7-21-46)49-37-39-50(40-38-49)67(47-22-8-3-9-23-47)48-35-32-43(33-36-48)61-62(65-60-31-17-16-30-59(60)64-61)44-34-41-54-53-26-12-15-29-57(53)63(58(54)42-44)55-27-13-10-24-51(55)52-25-11-14-28-56(52)63/h1-13,15-27,29-42H,14,28H2. The van der Waals surface area contributed by atoms with Gasteiger partial charge in [-0.15, -0.1) is 0 Å². The van der Waals surface area contributed by atoms with Crippen LogP contribution in [0.4, 0.5) is 34.1 Å². The van der Waals surface area contributed by atoms with Gasteiger partial charge in [0.25, 0.3) is 0 Å². The molecule has 3 aliphatic carbocycles. The molecule has 3 aliphatic rings. The molecule has 0 saturated carbocycles. The lowest BCUT2D eigenvalue weighted by Gasteiger charge is -2.33. The maximum atomic E-state index is 5.46. The summed E-state index contributed by atoms with van der Waals surface area (Å²) in [5.41, 5.74) is 22.6. The summed E-state index contributed by atoms with van der Waals surface area (Å²) in [5.74, 6) is 0. The lowest BCUT2D eigenvalue weighted by atomic mass is 9.68. The van der Waals surface area contributed by atoms with Gasteiger partial charge < -0.3 is 9.80 Å². The van der Waals surface area contributed by atoms with Crippen molar-refractivity contribution in [3.63, 3.8) is 0 Å². The van der Waals surface area contributed by atoms with Gasteiger partial charge in [-0.25, -0.2) is 9.97 Å². The topological polar surface area (TPSA) is 32.3 Å². The zero-order valence-electron chi connectivity index (χ0n) is 36.8. The van der Waals surface area contributed by atoms with Crippen LogP contribution >= 0.6 is 0 Å². The summed E-state index contributed by atoms with van der Waals surface area (Å²) in [6.07, 6.45) is 6.77. The third-order valence-corrected chi connectivity index (χ3v) is 13.9. The molecule has 0 bridgehead atoms. The predicted molar refractivity (Wildman–Crippen MR) is 277 cm³/mol. The third kappa shape index (κ3) is 6.21. The van der Waals surface area contributed by atoms with E-state index in [4.69, 9.17) is 9.97 Å². The van der Waals surface area contributed by atoms with Crippen molar-refractivity contribution in [2.24, 2.45) is 0 Å². The van der Waals surface area contributed by atoms with E-state index in [1.807, 2.05) is 6.07 Å². The molecular formula is C63H44N4. The fourth-order valence-electron chi connectivity index (χ4n) is 11.1. The Labute approximate surface area is 391 Å². The fourth-order valence-corrected chi connectivity index (χ4v) is 11.1. The average molecular weight is 857 g/mol. The average Bonchev–Trinajstić information content (AvgIpc) is 3.87. The first-order valence-corrected chi connectivity index (χ1v) is 23.2. The highest BCUT2D eigenvalue weighted by molar-refractivity contribution is 5.98. The van der Waals surface area contributed by atoms with Crippen LogP contribution in [0.3, 0.4) is 0 Å². The number of nitrogens with zero attached hydrogens (tertiary/aromatic N) is 4. The van der Waals surface area contributed by atoms with Crippen molar-refractivity contribution in [3.05, 3.63) is 271 Å². The summed E-state index contributed by atoms with van der Waals surface area (Å²) in [6.45, 7) is 0. The van der Waals surface area contributed by atoms with Gasteiger partial charge in [0.1, 0.15) is 0 Å². The van der Waals surface area contributed by atoms with E-state index < -0.39 is 0 Å². The molecule has 0 N–H and O–H groups in total. The van der Waals surface area contributed by atoms with Crippen LogP contribution < -0.4 is 9.80 Å². The zero-order valence-corrected chi connectivity index (χ0v) is 36.8. The minimum atomic E-state index is -0.370. The van der Waals surface area contributed by atoms with Crippen LogP contribution in [0.25, 0.3) is 50.2 Å². The molecule has 4 nitrogen and oxygen atoms in total. The monoisotopic (exact) mass is 856 g/mol. The van der Waals surface area contributed by atoms with Crippen LogP contribution in [0, 0.1) is 0 Å². The van der Waals surface area contributed by atoms with Gasteiger partial charge in [-0.2, -0.15) is 0 Å². The van der Waals surface area contributed by atoms with Gasteiger partial charge in [0.15, 0.2) is 0 Å². The molecule has 10 aromatic rings. The Balaban J connectivity index is 0.925. The molecule has 67 heavy (non-hydrogen) atoms. The van der Waals surface area contributed by atoms with Gasteiger partial charge in [-0.05, 0) is 148 Å². The van der Waals surface area contributed by atoms with Gasteiger partial charge in [0, 0.05) is 45.3 Å². The lowest BCUT2D eigenvalue weighted by molar-refractivity contribution is 0.714. The molecule has 1 atom stereocenters. The van der Waals surface area contributed by atoms with Crippen molar-refractivity contribution in [1.29, 1.82) is 0 Å². The van der Waals surface area contributed by atoms with E-state index in [-0.39, 0.29) is 5.41 Å². The number of hydrogen-bond donors (Lipinski definition) is 0. The molecule has 9 aromatic carbocycles. The van der Waals surface area contributed by atoms with Crippen molar-refractivity contribution in [2.45, 2.75) is 18.3 Å². The maximum absolute atomic E-state index is 5.46. The van der Waals surface area contributed by atoms with E-state index in [2.05, 4.69) is 246 Å². The molecule has 13 rings (SSSR count). The molecule has 0 saturated heterocycles. The summed E-state index contributed by atoms with van der Waals surface area (Å²) >= 11 is 0. The molecule has 1 heterocycles. The van der Waals surface area contributed by atoms with Crippen molar-refractivity contribution < 1.29 is 0 Å². The highest BCUT2D eigenvalue weighted by Crippen LogP contribution is 2.64. The fraction of sp³-hybridized carbons (Fsp3) is 0.0476. The van der Waals surface area contributed by atoms with E-state index in [1.165, 1.54) is 44.5 Å². The second-order valence-corrected chi connectivity index (χ2v) is 17.6. The molecule has 1 spiro atoms. The molecule has 1 aromatic heterocycles. The molecule has 0 radical (unpaired) electrons. The molecule has 0 aliphatic heterocycles. The number of allylic oxidation sites excluding steroid dienone is 4. The molecule has 1 unspecified atom stereocenters. The summed E-state index contributed by atoms with van der Waals surface area (Å²) in [6, 6.07) is 82.8. The number of rotatable bonds is 8. The Morgan fingerprint density at radius 3 is 1.34 bits per heavy atom. The van der Waals surface area contributed by atoms with E-state index in [0.717, 1.165) is 80.5 Å². The first-order valence-electron chi connectivity index (χ1n) is 23.2. The third-order valence-electron chi connectivity index (χ3n) is 13.9. The Morgan fingerprint density at radius 1 is 0.358 bits per heavy atom. The van der Waals surface area contributed by atoms with Gasteiger partial charge in [0.05, 0.1) is 27.8 Å². The number of hydrogen-bond acceptors (Lipinski definition) is 4. The number of para-hydroxylation sites is 5. The van der Waals surface area contributed by atoms with Crippen molar-refractivity contribution >= 4 is 50.7 Å². The van der Waals surface area contributed by atoms with Crippen LogP contribution in [-0.4, -0.2) is 9.97 Å². The summed E-state index contributed by atoms with van der Waals surface area (Å²) in [5, 5.41) is 0. The Kier molecular flexibility index (Phi) is 9.17. The van der Waals surface area contributed by atoms with Gasteiger partial charge in [-0.3, -0.25) is 0 Å². The maximum Gasteiger partial charge on any atom is 0.0973 e. The van der Waals surface area contributed by atoms with E-state index in [1.54, 1.807) is 0 Å². The first kappa shape index (κ1) is 38.8. The summed E-state index contributed by atoms with van der Waals surface area (Å²) < 4.78 is 0. The lowest BCUT2D eigenvalue weighted by Crippen LogP contribution is -2.27. The van der Waals surface area contributed by atoms with Crippen molar-refractivity contribution in [1.82, 2.24) is 9.97 Å². The van der Waals surface area contributed by atoms with E-state index >= 15 is 0 Å². The van der Waals surface area contributed by atoms with Gasteiger partial charge in [-0.1, -0.05) is 152 Å². The van der Waals surface area contributed by atoms with E-state index in [0.29, 0.717) is 0 Å². The second kappa shape index (κ2) is 15.8. The van der Waals surface area contributed by atoms with Crippen LogP contribution in [0.5, 0.6) is 0 Å². The second-order valence-electron chi connectivity index (χ2n) is 17.6. The highest BCUT2D eigenvalue weighted by atomic mass is 15.2. The molecule has 4 heteroatoms. The van der Waals surface area contributed by atoms with Gasteiger partial charge in [0.2, 0.25) is 0 Å². The first-order chi connectivity index (χ1) is 33.2. The zero-order chi connectivity index (χ0) is 44.3. The minimum absolute atomic E-state index is 0.370. The number of aromatic nitrogens is 2. The molecular weight excluding hydrogens is 813 g/mol. The predicted octanol–water partition coefficient (Wildman–Crippen LogP) is 16.3. The highest BCUT2D eigenvalue weighted by Gasteiger charge is 2.52. The van der Waals surface area contributed by atoms with Crippen LogP contribution in [0.15, 0.2) is 248 Å². The Bertz CT molecular complexity index is 3520. The van der Waals surface area contributed by atoms with Crippen LogP contribution in [0.2, 0.25) is 0 Å². The normalized spacial score (nSPS) is 15.3. The number of fused-ring (bicyclic) bond motifs is 10. The smallest absolute Gasteiger partial charge is 0.0973 e. The number of benzene rings is 9. The molecule has 0 amide bonds. The largest absolute Gasteiger partial charge is 0.311 e. The quantitative estimate of drug-likeness (QED) is 0.152. The minimum Gasteiger partial charge on any atom is -0.311 e. The van der Waals surface area contributed by atoms with E-state index in [9.17, 15) is 0 Å². The summed E-state index contributed by atoms with van der Waals surface area (Å²) in [7, 11) is 0. The molecule has 316 valence electrons. The van der Waals surface area contributed by atoms with Crippen LogP contribution in [-0.2, 0) is 5.41 Å². The molecule has 0 fully saturated rings. The van der Waals surface area contributed by atoms with Gasteiger partial charge >= 0.3 is 0 Å². The Hall–Kier alpha value is -8.60. The van der Waals surface area contributed by atoms with Crippen molar-refractivity contribution in [3.8, 4) is 33.6 Å². The SMILES string of the molecule is C1=CC2=C(CC1)C1(c3ccccc32)c2ccccc2-c2ccc(-c3nc4ccccc4nc3-c3ccc(N(c4ccccc4)c4ccc(N(c5ccccc5)c5ccccc5)cc4)cc3)cc21. The van der Waals surface area contributed by atoms with Crippen molar-refractivity contribution in [2.75, 3.05) is 9.80 Å². The number of anilines is 6.